The summed E-state index contributed by atoms with van der Waals surface area (Å²) in [7, 11) is 0. The molecule has 1 N–H and O–H groups in total. The third-order valence-corrected chi connectivity index (χ3v) is 6.26. The smallest absolute Gasteiger partial charge is 0.263 e. The van der Waals surface area contributed by atoms with E-state index in [0.29, 0.717) is 31.3 Å². The number of aromatic nitrogens is 2. The molecule has 1 amide bonds. The number of rotatable bonds is 7. The van der Waals surface area contributed by atoms with Gasteiger partial charge in [-0.15, -0.1) is 0 Å². The summed E-state index contributed by atoms with van der Waals surface area (Å²) >= 11 is 0. The summed E-state index contributed by atoms with van der Waals surface area (Å²) in [5.74, 6) is 3.43. The number of hydrogen-bond acceptors (Lipinski definition) is 7. The number of nitrogens with zero attached hydrogens (tertiary/aromatic N) is 3. The molecule has 176 valence electrons. The third kappa shape index (κ3) is 4.90. The van der Waals surface area contributed by atoms with Gasteiger partial charge in [-0.3, -0.25) is 4.79 Å². The van der Waals surface area contributed by atoms with Crippen molar-refractivity contribution in [3.05, 3.63) is 66.0 Å². The summed E-state index contributed by atoms with van der Waals surface area (Å²) in [6, 6.07) is 13.7. The average molecular weight is 461 g/mol. The number of carbonyl (C=O) groups is 1. The van der Waals surface area contributed by atoms with Crippen molar-refractivity contribution in [3.63, 3.8) is 0 Å². The zero-order valence-electron chi connectivity index (χ0n) is 19.2. The first kappa shape index (κ1) is 22.0. The Hall–Kier alpha value is -3.81. The highest BCUT2D eigenvalue weighted by Gasteiger charge is 2.27. The predicted octanol–water partition coefficient (Wildman–Crippen LogP) is 4.09. The summed E-state index contributed by atoms with van der Waals surface area (Å²) < 4.78 is 16.8. The highest BCUT2D eigenvalue weighted by Crippen LogP contribution is 2.33. The van der Waals surface area contributed by atoms with Gasteiger partial charge in [-0.2, -0.15) is 0 Å². The van der Waals surface area contributed by atoms with E-state index in [4.69, 9.17) is 14.2 Å². The number of benzene rings is 2. The molecule has 0 saturated carbocycles. The lowest BCUT2D eigenvalue weighted by atomic mass is 9.96. The number of nitrogens with one attached hydrogen (secondary N) is 1. The number of ether oxygens (including phenoxy) is 3. The van der Waals surface area contributed by atoms with Crippen LogP contribution in [-0.2, 0) is 17.8 Å². The van der Waals surface area contributed by atoms with Crippen LogP contribution in [0.15, 0.2) is 54.9 Å². The molecule has 0 aliphatic carbocycles. The van der Waals surface area contributed by atoms with Gasteiger partial charge in [0.25, 0.3) is 5.88 Å². The molecule has 1 aromatic heterocycles. The number of anilines is 1. The van der Waals surface area contributed by atoms with Crippen molar-refractivity contribution in [3.8, 4) is 23.1 Å². The minimum atomic E-state index is -0.0344. The van der Waals surface area contributed by atoms with Gasteiger partial charge >= 0.3 is 0 Å². The van der Waals surface area contributed by atoms with Crippen LogP contribution in [0.25, 0.3) is 0 Å². The van der Waals surface area contributed by atoms with Crippen LogP contribution in [-0.4, -0.2) is 35.8 Å². The van der Waals surface area contributed by atoms with Gasteiger partial charge < -0.3 is 24.4 Å². The average Bonchev–Trinajstić information content (AvgIpc) is 3.36. The number of amides is 1. The van der Waals surface area contributed by atoms with E-state index >= 15 is 0 Å². The molecule has 0 spiro atoms. The largest absolute Gasteiger partial charge is 0.454 e. The van der Waals surface area contributed by atoms with Crippen LogP contribution in [0.3, 0.4) is 0 Å². The monoisotopic (exact) mass is 460 g/mol. The molecule has 1 fully saturated rings. The van der Waals surface area contributed by atoms with E-state index in [2.05, 4.69) is 39.2 Å². The van der Waals surface area contributed by atoms with E-state index in [0.717, 1.165) is 42.1 Å². The van der Waals surface area contributed by atoms with E-state index in [9.17, 15) is 4.79 Å². The molecule has 3 aromatic rings. The fourth-order valence-electron chi connectivity index (χ4n) is 4.25. The Kier molecular flexibility index (Phi) is 6.46. The topological polar surface area (TPSA) is 85.8 Å². The second-order valence-electron chi connectivity index (χ2n) is 8.45. The van der Waals surface area contributed by atoms with Gasteiger partial charge in [0, 0.05) is 37.9 Å². The molecule has 34 heavy (non-hydrogen) atoms. The normalized spacial score (nSPS) is 15.3. The first-order valence-corrected chi connectivity index (χ1v) is 11.7. The molecule has 3 heterocycles. The first-order valence-electron chi connectivity index (χ1n) is 11.7. The molecule has 2 aromatic carbocycles. The van der Waals surface area contributed by atoms with Gasteiger partial charge in [0.1, 0.15) is 5.75 Å². The Morgan fingerprint density at radius 1 is 1.03 bits per heavy atom. The lowest BCUT2D eigenvalue weighted by Gasteiger charge is -2.32. The second-order valence-corrected chi connectivity index (χ2v) is 8.45. The van der Waals surface area contributed by atoms with Gasteiger partial charge in [0.05, 0.1) is 0 Å². The van der Waals surface area contributed by atoms with Gasteiger partial charge in [0.15, 0.2) is 17.3 Å². The summed E-state index contributed by atoms with van der Waals surface area (Å²) in [6.45, 7) is 4.26. The minimum absolute atomic E-state index is 0.0344. The second kappa shape index (κ2) is 9.99. The third-order valence-electron chi connectivity index (χ3n) is 6.26. The highest BCUT2D eigenvalue weighted by molar-refractivity contribution is 5.79. The van der Waals surface area contributed by atoms with Gasteiger partial charge in [-0.25, -0.2) is 9.97 Å². The van der Waals surface area contributed by atoms with Crippen LogP contribution in [0.4, 0.5) is 5.82 Å². The van der Waals surface area contributed by atoms with Crippen LogP contribution >= 0.6 is 0 Å². The fourth-order valence-corrected chi connectivity index (χ4v) is 4.25. The van der Waals surface area contributed by atoms with E-state index in [-0.39, 0.29) is 18.6 Å². The van der Waals surface area contributed by atoms with Crippen molar-refractivity contribution >= 4 is 11.7 Å². The summed E-state index contributed by atoms with van der Waals surface area (Å²) in [4.78, 5) is 23.8. The summed E-state index contributed by atoms with van der Waals surface area (Å²) in [5.41, 5.74) is 2.24. The Morgan fingerprint density at radius 3 is 2.56 bits per heavy atom. The van der Waals surface area contributed by atoms with E-state index < -0.39 is 0 Å². The summed E-state index contributed by atoms with van der Waals surface area (Å²) in [6.07, 6.45) is 5.78. The molecule has 0 radical (unpaired) electrons. The molecule has 5 rings (SSSR count). The Morgan fingerprint density at radius 2 is 1.76 bits per heavy atom. The minimum Gasteiger partial charge on any atom is -0.454 e. The number of piperidine rings is 1. The number of fused-ring (bicyclic) bond motifs is 1. The lowest BCUT2D eigenvalue weighted by molar-refractivity contribution is -0.125. The number of hydrogen-bond donors (Lipinski definition) is 1. The van der Waals surface area contributed by atoms with E-state index in [1.807, 2.05) is 30.3 Å². The molecular formula is C26H28N4O4. The molecule has 8 heteroatoms. The van der Waals surface area contributed by atoms with Gasteiger partial charge in [-0.05, 0) is 54.7 Å². The van der Waals surface area contributed by atoms with Crippen molar-refractivity contribution in [2.75, 3.05) is 24.8 Å². The SMILES string of the molecule is CCc1ccc(Oc2nccnc2N2CCC(C(=O)NCc3ccc4c(c3)OCO4)CC2)cc1. The van der Waals surface area contributed by atoms with Crippen LogP contribution in [0.2, 0.25) is 0 Å². The van der Waals surface area contributed by atoms with Gasteiger partial charge in [0.2, 0.25) is 12.7 Å². The molecule has 1 saturated heterocycles. The molecule has 0 atom stereocenters. The Labute approximate surface area is 198 Å². The van der Waals surface area contributed by atoms with Crippen LogP contribution in [0, 0.1) is 5.92 Å². The lowest BCUT2D eigenvalue weighted by Crippen LogP contribution is -2.40. The number of aryl methyl sites for hydroxylation is 1. The van der Waals surface area contributed by atoms with Crippen molar-refractivity contribution in [1.29, 1.82) is 0 Å². The Balaban J connectivity index is 1.16. The van der Waals surface area contributed by atoms with Crippen molar-refractivity contribution in [2.24, 2.45) is 5.92 Å². The highest BCUT2D eigenvalue weighted by atomic mass is 16.7. The van der Waals surface area contributed by atoms with Crippen LogP contribution in [0.5, 0.6) is 23.1 Å². The quantitative estimate of drug-likeness (QED) is 0.568. The molecule has 2 aliphatic heterocycles. The summed E-state index contributed by atoms with van der Waals surface area (Å²) in [5, 5.41) is 3.06. The fraction of sp³-hybridized carbons (Fsp3) is 0.346. The molecule has 0 unspecified atom stereocenters. The maximum atomic E-state index is 12.8. The maximum Gasteiger partial charge on any atom is 0.263 e. The van der Waals surface area contributed by atoms with E-state index in [1.54, 1.807) is 12.4 Å². The molecular weight excluding hydrogens is 432 g/mol. The predicted molar refractivity (Wildman–Crippen MR) is 127 cm³/mol. The van der Waals surface area contributed by atoms with Crippen molar-refractivity contribution in [2.45, 2.75) is 32.7 Å². The van der Waals surface area contributed by atoms with E-state index in [1.165, 1.54) is 5.56 Å². The zero-order valence-corrected chi connectivity index (χ0v) is 19.2. The molecule has 2 aliphatic rings. The molecule has 0 bridgehead atoms. The number of carbonyl (C=O) groups excluding carboxylic acids is 1. The molecule has 8 nitrogen and oxygen atoms in total. The standard InChI is InChI=1S/C26H28N4O4/c1-2-18-3-6-21(7-4-18)34-26-24(27-11-12-28-26)30-13-9-20(10-14-30)25(31)29-16-19-5-8-22-23(15-19)33-17-32-22/h3-8,11-12,15,20H,2,9-10,13-14,16-17H2,1H3,(H,29,31). The van der Waals surface area contributed by atoms with Crippen molar-refractivity contribution in [1.82, 2.24) is 15.3 Å². The zero-order chi connectivity index (χ0) is 23.3. The first-order chi connectivity index (χ1) is 16.7. The van der Waals surface area contributed by atoms with Gasteiger partial charge in [-0.1, -0.05) is 25.1 Å². The maximum absolute atomic E-state index is 12.8. The van der Waals surface area contributed by atoms with Crippen LogP contribution < -0.4 is 24.4 Å². The van der Waals surface area contributed by atoms with Crippen molar-refractivity contribution < 1.29 is 19.0 Å². The Bertz CT molecular complexity index is 1140. The van der Waals surface area contributed by atoms with Crippen LogP contribution in [0.1, 0.15) is 30.9 Å².